The highest BCUT2D eigenvalue weighted by Crippen LogP contribution is 2.30. The highest BCUT2D eigenvalue weighted by Gasteiger charge is 2.28. The summed E-state index contributed by atoms with van der Waals surface area (Å²) in [6.07, 6.45) is 4.94. The molecule has 6 heteroatoms. The fourth-order valence-electron chi connectivity index (χ4n) is 3.87. The maximum absolute atomic E-state index is 13.6. The third-order valence-corrected chi connectivity index (χ3v) is 5.28. The Bertz CT molecular complexity index is 623. The Labute approximate surface area is 155 Å². The molecule has 2 amide bonds. The predicted molar refractivity (Wildman–Crippen MR) is 99.7 cm³/mol. The minimum Gasteiger partial charge on any atom is -0.375 e. The molecule has 1 saturated heterocycles. The van der Waals surface area contributed by atoms with E-state index in [-0.39, 0.29) is 24.0 Å². The molecule has 1 heterocycles. The Hall–Kier alpha value is -1.66. The zero-order valence-electron chi connectivity index (χ0n) is 15.8. The zero-order chi connectivity index (χ0) is 18.5. The lowest BCUT2D eigenvalue weighted by Crippen LogP contribution is -2.50. The molecule has 1 aliphatic carbocycles. The summed E-state index contributed by atoms with van der Waals surface area (Å²) in [4.78, 5) is 16.8. The first-order valence-electron chi connectivity index (χ1n) is 9.63. The van der Waals surface area contributed by atoms with Gasteiger partial charge in [-0.3, -0.25) is 0 Å². The Kier molecular flexibility index (Phi) is 6.48. The van der Waals surface area contributed by atoms with E-state index in [2.05, 4.69) is 24.3 Å². The van der Waals surface area contributed by atoms with Crippen molar-refractivity contribution >= 4 is 6.03 Å². The van der Waals surface area contributed by atoms with Crippen LogP contribution in [0.5, 0.6) is 0 Å². The number of carbonyl (C=O) groups excluding carboxylic acids is 1. The second-order valence-electron chi connectivity index (χ2n) is 7.62. The lowest BCUT2D eigenvalue weighted by molar-refractivity contribution is -0.0197. The van der Waals surface area contributed by atoms with Crippen LogP contribution in [0.25, 0.3) is 0 Å². The molecule has 3 rings (SSSR count). The van der Waals surface area contributed by atoms with Gasteiger partial charge in [-0.2, -0.15) is 0 Å². The lowest BCUT2D eigenvalue weighted by Gasteiger charge is -2.35. The van der Waals surface area contributed by atoms with Gasteiger partial charge in [0.25, 0.3) is 0 Å². The first kappa shape index (κ1) is 19.1. The number of benzene rings is 1. The molecule has 1 fully saturated rings. The minimum absolute atomic E-state index is 0.0620. The molecule has 0 radical (unpaired) electrons. The SMILES string of the molecule is CN(C)CCCC1CN(C(=O)N[C@@H]2CCCc3ccc(F)cc32)CCO1. The van der Waals surface area contributed by atoms with Crippen LogP contribution < -0.4 is 5.32 Å². The largest absolute Gasteiger partial charge is 0.375 e. The van der Waals surface area contributed by atoms with E-state index in [4.69, 9.17) is 4.74 Å². The summed E-state index contributed by atoms with van der Waals surface area (Å²) >= 11 is 0. The number of hydrogen-bond acceptors (Lipinski definition) is 3. The van der Waals surface area contributed by atoms with Crippen molar-refractivity contribution in [1.29, 1.82) is 0 Å². The summed E-state index contributed by atoms with van der Waals surface area (Å²) in [5.74, 6) is -0.239. The molecule has 1 unspecified atom stereocenters. The second kappa shape index (κ2) is 8.82. The number of nitrogens with zero attached hydrogens (tertiary/aromatic N) is 2. The molecular weight excluding hydrogens is 333 g/mol. The van der Waals surface area contributed by atoms with E-state index in [0.717, 1.165) is 49.8 Å². The molecule has 0 bridgehead atoms. The molecule has 1 N–H and O–H groups in total. The van der Waals surface area contributed by atoms with Crippen molar-refractivity contribution in [3.05, 3.63) is 35.1 Å². The second-order valence-corrected chi connectivity index (χ2v) is 7.62. The molecule has 0 aromatic heterocycles. The molecule has 1 aliphatic heterocycles. The van der Waals surface area contributed by atoms with Crippen LogP contribution in [0.3, 0.4) is 0 Å². The highest BCUT2D eigenvalue weighted by molar-refractivity contribution is 5.75. The molecule has 0 spiro atoms. The molecule has 26 heavy (non-hydrogen) atoms. The van der Waals surface area contributed by atoms with E-state index in [9.17, 15) is 9.18 Å². The van der Waals surface area contributed by atoms with E-state index in [1.165, 1.54) is 6.07 Å². The van der Waals surface area contributed by atoms with Gasteiger partial charge in [-0.15, -0.1) is 0 Å². The van der Waals surface area contributed by atoms with E-state index in [1.54, 1.807) is 6.07 Å². The number of hydrogen-bond donors (Lipinski definition) is 1. The molecule has 0 saturated carbocycles. The van der Waals surface area contributed by atoms with Gasteiger partial charge in [0, 0.05) is 13.1 Å². The number of fused-ring (bicyclic) bond motifs is 1. The zero-order valence-corrected chi connectivity index (χ0v) is 15.8. The van der Waals surface area contributed by atoms with E-state index >= 15 is 0 Å². The monoisotopic (exact) mass is 363 g/mol. The number of aryl methyl sites for hydroxylation is 1. The summed E-state index contributed by atoms with van der Waals surface area (Å²) in [5, 5.41) is 3.12. The fourth-order valence-corrected chi connectivity index (χ4v) is 3.87. The summed E-state index contributed by atoms with van der Waals surface area (Å²) in [7, 11) is 4.12. The Morgan fingerprint density at radius 1 is 1.42 bits per heavy atom. The van der Waals surface area contributed by atoms with E-state index < -0.39 is 0 Å². The Morgan fingerprint density at radius 3 is 3.08 bits per heavy atom. The predicted octanol–water partition coefficient (Wildman–Crippen LogP) is 2.96. The van der Waals surface area contributed by atoms with Crippen LogP contribution in [0.2, 0.25) is 0 Å². The van der Waals surface area contributed by atoms with Crippen molar-refractivity contribution in [2.75, 3.05) is 40.3 Å². The maximum Gasteiger partial charge on any atom is 0.318 e. The van der Waals surface area contributed by atoms with Crippen LogP contribution >= 0.6 is 0 Å². The van der Waals surface area contributed by atoms with Gasteiger partial charge < -0.3 is 19.9 Å². The summed E-state index contributed by atoms with van der Waals surface area (Å²) in [6, 6.07) is 4.76. The van der Waals surface area contributed by atoms with Crippen molar-refractivity contribution < 1.29 is 13.9 Å². The van der Waals surface area contributed by atoms with E-state index in [1.807, 2.05) is 11.0 Å². The topological polar surface area (TPSA) is 44.8 Å². The molecule has 2 atom stereocenters. The van der Waals surface area contributed by atoms with Gasteiger partial charge in [0.15, 0.2) is 0 Å². The lowest BCUT2D eigenvalue weighted by atomic mass is 9.87. The normalized spacial score (nSPS) is 23.0. The molecule has 1 aromatic carbocycles. The van der Waals surface area contributed by atoms with Gasteiger partial charge in [-0.05, 0) is 76.0 Å². The van der Waals surface area contributed by atoms with Crippen LogP contribution in [0.15, 0.2) is 18.2 Å². The van der Waals surface area contributed by atoms with Crippen molar-refractivity contribution in [3.63, 3.8) is 0 Å². The number of ether oxygens (including phenoxy) is 1. The Morgan fingerprint density at radius 2 is 2.27 bits per heavy atom. The summed E-state index contributed by atoms with van der Waals surface area (Å²) in [5.41, 5.74) is 2.08. The average Bonchev–Trinajstić information content (AvgIpc) is 2.62. The van der Waals surface area contributed by atoms with Crippen LogP contribution in [0.4, 0.5) is 9.18 Å². The van der Waals surface area contributed by atoms with Gasteiger partial charge in [-0.25, -0.2) is 9.18 Å². The quantitative estimate of drug-likeness (QED) is 0.875. The van der Waals surface area contributed by atoms with Crippen LogP contribution in [-0.4, -0.2) is 62.3 Å². The van der Waals surface area contributed by atoms with Gasteiger partial charge in [0.2, 0.25) is 0 Å². The molecule has 2 aliphatic rings. The Balaban J connectivity index is 1.56. The van der Waals surface area contributed by atoms with Crippen molar-refractivity contribution in [2.24, 2.45) is 0 Å². The van der Waals surface area contributed by atoms with Crippen LogP contribution in [0, 0.1) is 5.82 Å². The number of carbonyl (C=O) groups is 1. The number of halogens is 1. The minimum atomic E-state index is -0.239. The fraction of sp³-hybridized carbons (Fsp3) is 0.650. The average molecular weight is 363 g/mol. The maximum atomic E-state index is 13.6. The van der Waals surface area contributed by atoms with E-state index in [0.29, 0.717) is 19.7 Å². The van der Waals surface area contributed by atoms with Gasteiger partial charge in [0.1, 0.15) is 5.82 Å². The smallest absolute Gasteiger partial charge is 0.318 e. The van der Waals surface area contributed by atoms with Crippen molar-refractivity contribution in [1.82, 2.24) is 15.1 Å². The number of morpholine rings is 1. The molecular formula is C20H30FN3O2. The third-order valence-electron chi connectivity index (χ3n) is 5.28. The number of urea groups is 1. The third kappa shape index (κ3) is 4.95. The molecule has 144 valence electrons. The summed E-state index contributed by atoms with van der Waals surface area (Å²) in [6.45, 7) is 2.84. The first-order valence-corrected chi connectivity index (χ1v) is 9.63. The molecule has 1 aromatic rings. The van der Waals surface area contributed by atoms with Crippen LogP contribution in [0.1, 0.15) is 42.9 Å². The van der Waals surface area contributed by atoms with Crippen molar-refractivity contribution in [2.45, 2.75) is 44.2 Å². The van der Waals surface area contributed by atoms with Crippen LogP contribution in [-0.2, 0) is 11.2 Å². The van der Waals surface area contributed by atoms with Gasteiger partial charge in [-0.1, -0.05) is 6.07 Å². The van der Waals surface area contributed by atoms with Crippen molar-refractivity contribution in [3.8, 4) is 0 Å². The molecule has 5 nitrogen and oxygen atoms in total. The highest BCUT2D eigenvalue weighted by atomic mass is 19.1. The van der Waals surface area contributed by atoms with Gasteiger partial charge in [0.05, 0.1) is 18.8 Å². The van der Waals surface area contributed by atoms with Gasteiger partial charge >= 0.3 is 6.03 Å². The standard InChI is InChI=1S/C20H30FN3O2/c1-23(2)10-4-6-17-14-24(11-12-26-17)20(25)22-19-7-3-5-15-8-9-16(21)13-18(15)19/h8-9,13,17,19H,3-7,10-12,14H2,1-2H3,(H,22,25)/t17?,19-/m1/s1. The first-order chi connectivity index (χ1) is 12.5. The number of nitrogens with one attached hydrogen (secondary N) is 1. The number of amides is 2. The summed E-state index contributed by atoms with van der Waals surface area (Å²) < 4.78 is 19.5. The number of rotatable bonds is 5.